The summed E-state index contributed by atoms with van der Waals surface area (Å²) in [5.41, 5.74) is 6.80. The molecule has 3 heterocycles. The van der Waals surface area contributed by atoms with Gasteiger partial charge in [0.2, 0.25) is 5.91 Å². The van der Waals surface area contributed by atoms with E-state index in [0.29, 0.717) is 21.7 Å². The van der Waals surface area contributed by atoms with Gasteiger partial charge in [-0.05, 0) is 87.1 Å². The van der Waals surface area contributed by atoms with Gasteiger partial charge in [-0.2, -0.15) is 0 Å². The molecule has 0 radical (unpaired) electrons. The number of hydrogen-bond acceptors (Lipinski definition) is 3. The highest BCUT2D eigenvalue weighted by Gasteiger charge is 2.41. The van der Waals surface area contributed by atoms with E-state index in [4.69, 9.17) is 35.4 Å². The van der Waals surface area contributed by atoms with E-state index in [2.05, 4.69) is 45.0 Å². The normalized spacial score (nSPS) is 16.8. The fourth-order valence-corrected chi connectivity index (χ4v) is 6.01. The van der Waals surface area contributed by atoms with Crippen molar-refractivity contribution in [3.8, 4) is 5.69 Å². The molecular weight excluding hydrogens is 549 g/mol. The Morgan fingerprint density at radius 3 is 2.51 bits per heavy atom. The average molecular weight is 579 g/mol. The first-order valence-corrected chi connectivity index (χ1v) is 13.9. The van der Waals surface area contributed by atoms with Crippen molar-refractivity contribution in [2.45, 2.75) is 39.3 Å². The molecule has 1 saturated heterocycles. The van der Waals surface area contributed by atoms with E-state index in [0.717, 1.165) is 39.6 Å². The van der Waals surface area contributed by atoms with Crippen molar-refractivity contribution < 1.29 is 4.79 Å². The van der Waals surface area contributed by atoms with Crippen LogP contribution in [0.2, 0.25) is 10.0 Å². The molecule has 2 atom stereocenters. The topological polar surface area (TPSA) is 62.2 Å². The third-order valence-corrected chi connectivity index (χ3v) is 7.94. The summed E-state index contributed by atoms with van der Waals surface area (Å²) in [5, 5.41) is 8.21. The van der Waals surface area contributed by atoms with Gasteiger partial charge in [0.25, 0.3) is 0 Å². The molecule has 200 valence electrons. The monoisotopic (exact) mass is 577 g/mol. The number of carbonyl (C=O) groups is 1. The van der Waals surface area contributed by atoms with E-state index in [1.807, 2.05) is 61.5 Å². The van der Waals surface area contributed by atoms with Crippen molar-refractivity contribution in [2.24, 2.45) is 0 Å². The number of benzene rings is 2. The van der Waals surface area contributed by atoms with E-state index in [1.165, 1.54) is 0 Å². The van der Waals surface area contributed by atoms with Crippen LogP contribution in [-0.2, 0) is 4.79 Å². The van der Waals surface area contributed by atoms with Crippen LogP contribution in [0.3, 0.4) is 0 Å². The molecule has 0 bridgehead atoms. The Balaban J connectivity index is 1.48. The maximum atomic E-state index is 12.9. The van der Waals surface area contributed by atoms with Gasteiger partial charge in [0.1, 0.15) is 0 Å². The van der Waals surface area contributed by atoms with Gasteiger partial charge in [0, 0.05) is 41.3 Å². The zero-order valence-electron chi connectivity index (χ0n) is 21.9. The number of nitrogens with one attached hydrogen (secondary N) is 2. The van der Waals surface area contributed by atoms with Crippen LogP contribution in [0.25, 0.3) is 5.69 Å². The maximum Gasteiger partial charge on any atom is 0.226 e. The van der Waals surface area contributed by atoms with Gasteiger partial charge >= 0.3 is 0 Å². The number of thiocarbonyl (C=S) groups is 1. The molecule has 2 aromatic heterocycles. The minimum absolute atomic E-state index is 0.0693. The van der Waals surface area contributed by atoms with Crippen LogP contribution in [0.15, 0.2) is 72.9 Å². The number of anilines is 1. The van der Waals surface area contributed by atoms with E-state index < -0.39 is 0 Å². The third-order valence-electron chi connectivity index (χ3n) is 7.05. The van der Waals surface area contributed by atoms with E-state index in [1.54, 1.807) is 12.3 Å². The molecule has 4 aromatic rings. The standard InChI is InChI=1S/C30H29Cl2N5OS/c1-18-7-10-22(11-8-18)34-27(38)13-15-36-29(28(35-30(36)39)25-6-4-5-14-33-25)23-16-19(2)37(20(23)3)26-12-9-21(31)17-24(26)32/h4-12,14,16-17,28-29H,13,15H2,1-3H3,(H,34,38)(H,35,39)/t28-,29-/m0/s1. The van der Waals surface area contributed by atoms with Gasteiger partial charge in [0.15, 0.2) is 5.11 Å². The van der Waals surface area contributed by atoms with Crippen molar-refractivity contribution in [2.75, 3.05) is 11.9 Å². The van der Waals surface area contributed by atoms with Crippen molar-refractivity contribution >= 4 is 52.1 Å². The lowest BCUT2D eigenvalue weighted by atomic mass is 9.96. The van der Waals surface area contributed by atoms with Gasteiger partial charge in [-0.3, -0.25) is 9.78 Å². The minimum atomic E-state index is -0.187. The number of halogens is 2. The van der Waals surface area contributed by atoms with E-state index in [-0.39, 0.29) is 24.4 Å². The zero-order valence-corrected chi connectivity index (χ0v) is 24.2. The van der Waals surface area contributed by atoms with Crippen molar-refractivity contribution in [3.63, 3.8) is 0 Å². The molecule has 1 aliphatic heterocycles. The first-order valence-electron chi connectivity index (χ1n) is 12.7. The van der Waals surface area contributed by atoms with Crippen molar-refractivity contribution in [1.82, 2.24) is 19.8 Å². The molecule has 39 heavy (non-hydrogen) atoms. The SMILES string of the molecule is Cc1ccc(NC(=O)CCN2C(=S)N[C@@H](c3ccccn3)[C@@H]2c2cc(C)n(-c3ccc(Cl)cc3Cl)c2C)cc1. The van der Waals surface area contributed by atoms with Crippen molar-refractivity contribution in [3.05, 3.63) is 111 Å². The Labute approximate surface area is 244 Å². The van der Waals surface area contributed by atoms with Crippen LogP contribution in [0.5, 0.6) is 0 Å². The maximum absolute atomic E-state index is 12.9. The van der Waals surface area contributed by atoms with Gasteiger partial charge in [-0.1, -0.05) is 47.0 Å². The van der Waals surface area contributed by atoms with Gasteiger partial charge < -0.3 is 20.1 Å². The fraction of sp³-hybridized carbons (Fsp3) is 0.233. The van der Waals surface area contributed by atoms with E-state index >= 15 is 0 Å². The molecule has 1 aliphatic rings. The number of hydrogen-bond donors (Lipinski definition) is 2. The summed E-state index contributed by atoms with van der Waals surface area (Å²) in [7, 11) is 0. The number of nitrogens with zero attached hydrogens (tertiary/aromatic N) is 3. The highest BCUT2D eigenvalue weighted by Crippen LogP contribution is 2.42. The second-order valence-corrected chi connectivity index (χ2v) is 11.0. The number of amides is 1. The van der Waals surface area contributed by atoms with Crippen LogP contribution in [0.4, 0.5) is 5.69 Å². The molecular formula is C30H29Cl2N5OS. The lowest BCUT2D eigenvalue weighted by molar-refractivity contribution is -0.116. The number of aryl methyl sites for hydroxylation is 2. The Bertz CT molecular complexity index is 1520. The molecule has 0 aliphatic carbocycles. The van der Waals surface area contributed by atoms with Crippen LogP contribution >= 0.6 is 35.4 Å². The molecule has 0 spiro atoms. The zero-order chi connectivity index (χ0) is 27.7. The molecule has 2 N–H and O–H groups in total. The predicted molar refractivity (Wildman–Crippen MR) is 162 cm³/mol. The smallest absolute Gasteiger partial charge is 0.226 e. The Kier molecular flexibility index (Phi) is 7.93. The predicted octanol–water partition coefficient (Wildman–Crippen LogP) is 7.11. The molecule has 5 rings (SSSR count). The van der Waals surface area contributed by atoms with Gasteiger partial charge in [-0.25, -0.2) is 0 Å². The van der Waals surface area contributed by atoms with Gasteiger partial charge in [-0.15, -0.1) is 0 Å². The highest BCUT2D eigenvalue weighted by molar-refractivity contribution is 7.80. The highest BCUT2D eigenvalue weighted by atomic mass is 35.5. The number of pyridine rings is 1. The molecule has 1 amide bonds. The molecule has 0 unspecified atom stereocenters. The molecule has 9 heteroatoms. The third kappa shape index (κ3) is 5.66. The average Bonchev–Trinajstić information content (AvgIpc) is 3.39. The number of rotatable bonds is 7. The van der Waals surface area contributed by atoms with Crippen molar-refractivity contribution in [1.29, 1.82) is 0 Å². The van der Waals surface area contributed by atoms with Crippen LogP contribution in [0.1, 0.15) is 46.7 Å². The summed E-state index contributed by atoms with van der Waals surface area (Å²) >= 11 is 18.6. The lowest BCUT2D eigenvalue weighted by Crippen LogP contribution is -2.32. The second-order valence-electron chi connectivity index (χ2n) is 9.74. The Morgan fingerprint density at radius 1 is 1.05 bits per heavy atom. The van der Waals surface area contributed by atoms with Crippen LogP contribution in [0, 0.1) is 20.8 Å². The Morgan fingerprint density at radius 2 is 1.82 bits per heavy atom. The summed E-state index contributed by atoms with van der Waals surface area (Å²) in [6, 6.07) is 20.9. The summed E-state index contributed by atoms with van der Waals surface area (Å²) < 4.78 is 2.13. The van der Waals surface area contributed by atoms with Gasteiger partial charge in [0.05, 0.1) is 28.5 Å². The first kappa shape index (κ1) is 27.2. The van der Waals surface area contributed by atoms with Crippen LogP contribution in [-0.4, -0.2) is 32.0 Å². The first-order chi connectivity index (χ1) is 18.7. The summed E-state index contributed by atoms with van der Waals surface area (Å²) in [6.07, 6.45) is 2.06. The van der Waals surface area contributed by atoms with E-state index in [9.17, 15) is 4.79 Å². The molecule has 2 aromatic carbocycles. The summed E-state index contributed by atoms with van der Waals surface area (Å²) in [6.45, 7) is 6.59. The number of carbonyl (C=O) groups excluding carboxylic acids is 1. The summed E-state index contributed by atoms with van der Waals surface area (Å²) in [5.74, 6) is -0.0693. The molecule has 1 fully saturated rings. The largest absolute Gasteiger partial charge is 0.352 e. The molecule has 6 nitrogen and oxygen atoms in total. The quantitative estimate of drug-likeness (QED) is 0.229. The number of aromatic nitrogens is 2. The molecule has 0 saturated carbocycles. The lowest BCUT2D eigenvalue weighted by Gasteiger charge is -2.28. The minimum Gasteiger partial charge on any atom is -0.352 e. The second kappa shape index (κ2) is 11.4. The fourth-order valence-electron chi connectivity index (χ4n) is 5.19. The summed E-state index contributed by atoms with van der Waals surface area (Å²) in [4.78, 5) is 19.6. The Hall–Kier alpha value is -3.39. The van der Waals surface area contributed by atoms with Crippen LogP contribution < -0.4 is 10.6 Å².